The van der Waals surface area contributed by atoms with Gasteiger partial charge in [-0.2, -0.15) is 0 Å². The minimum atomic E-state index is -0.0501. The summed E-state index contributed by atoms with van der Waals surface area (Å²) in [6.07, 6.45) is 0. The molecule has 0 aliphatic carbocycles. The fourth-order valence-electron chi connectivity index (χ4n) is 2.07. The first-order valence-corrected chi connectivity index (χ1v) is 4.82. The molecule has 14 heavy (non-hydrogen) atoms. The highest BCUT2D eigenvalue weighted by molar-refractivity contribution is 5.82. The molecule has 3 nitrogen and oxygen atoms in total. The van der Waals surface area contributed by atoms with Gasteiger partial charge in [-0.3, -0.25) is 9.69 Å². The molecule has 2 aliphatic rings. The highest BCUT2D eigenvalue weighted by atomic mass is 16.5. The van der Waals surface area contributed by atoms with Crippen LogP contribution in [-0.2, 0) is 16.1 Å². The molecule has 2 saturated heterocycles. The maximum absolute atomic E-state index is 11.2. The number of carbonyl (C=O) groups excluding carboxylic acids is 1. The number of morpholine rings is 1. The molecule has 3 heteroatoms. The second-order valence-corrected chi connectivity index (χ2v) is 3.80. The Kier molecular flexibility index (Phi) is 1.61. The zero-order chi connectivity index (χ0) is 9.54. The normalized spacial score (nSPS) is 33.7. The minimum absolute atomic E-state index is 0.0501. The summed E-state index contributed by atoms with van der Waals surface area (Å²) in [4.78, 5) is 13.3. The maximum atomic E-state index is 11.2. The van der Waals surface area contributed by atoms with Crippen molar-refractivity contribution in [1.82, 2.24) is 4.90 Å². The van der Waals surface area contributed by atoms with Crippen molar-refractivity contribution in [2.45, 2.75) is 18.6 Å². The van der Waals surface area contributed by atoms with Gasteiger partial charge in [0, 0.05) is 6.54 Å². The lowest BCUT2D eigenvalue weighted by molar-refractivity contribution is -0.141. The van der Waals surface area contributed by atoms with Gasteiger partial charge in [0.25, 0.3) is 0 Å². The molecule has 1 unspecified atom stereocenters. The van der Waals surface area contributed by atoms with Crippen molar-refractivity contribution in [1.29, 1.82) is 0 Å². The van der Waals surface area contributed by atoms with Gasteiger partial charge >= 0.3 is 5.97 Å². The van der Waals surface area contributed by atoms with Crippen LogP contribution in [0.5, 0.6) is 0 Å². The Balaban J connectivity index is 1.69. The first kappa shape index (κ1) is 8.00. The highest BCUT2D eigenvalue weighted by Gasteiger charge is 2.58. The van der Waals surface area contributed by atoms with Gasteiger partial charge in [0.2, 0.25) is 0 Å². The van der Waals surface area contributed by atoms with E-state index in [1.165, 1.54) is 5.56 Å². The summed E-state index contributed by atoms with van der Waals surface area (Å²) < 4.78 is 4.90. The fourth-order valence-corrected chi connectivity index (χ4v) is 2.07. The van der Waals surface area contributed by atoms with Gasteiger partial charge in [-0.05, 0) is 5.56 Å². The van der Waals surface area contributed by atoms with Crippen molar-refractivity contribution < 1.29 is 9.53 Å². The van der Waals surface area contributed by atoms with Crippen LogP contribution in [0.2, 0.25) is 0 Å². The number of hydrogen-bond acceptors (Lipinski definition) is 3. The molecule has 3 rings (SSSR count). The van der Waals surface area contributed by atoms with E-state index >= 15 is 0 Å². The number of benzene rings is 1. The van der Waals surface area contributed by atoms with Gasteiger partial charge in [0.1, 0.15) is 12.6 Å². The average Bonchev–Trinajstić information content (AvgIpc) is 2.75. The highest BCUT2D eigenvalue weighted by Crippen LogP contribution is 2.36. The van der Waals surface area contributed by atoms with Crippen LogP contribution >= 0.6 is 0 Å². The Morgan fingerprint density at radius 3 is 2.79 bits per heavy atom. The lowest BCUT2D eigenvalue weighted by Gasteiger charge is -2.07. The van der Waals surface area contributed by atoms with E-state index in [0.29, 0.717) is 12.6 Å². The third-order valence-corrected chi connectivity index (χ3v) is 2.90. The first-order chi connectivity index (χ1) is 6.86. The van der Waals surface area contributed by atoms with E-state index in [4.69, 9.17) is 4.74 Å². The van der Waals surface area contributed by atoms with Crippen LogP contribution in [0.3, 0.4) is 0 Å². The smallest absolute Gasteiger partial charge is 0.325 e. The van der Waals surface area contributed by atoms with Crippen molar-refractivity contribution in [2.75, 3.05) is 6.61 Å². The molecule has 2 fully saturated rings. The zero-order valence-electron chi connectivity index (χ0n) is 7.72. The van der Waals surface area contributed by atoms with E-state index in [0.717, 1.165) is 6.54 Å². The number of esters is 1. The van der Waals surface area contributed by atoms with E-state index in [2.05, 4.69) is 17.0 Å². The van der Waals surface area contributed by atoms with Crippen LogP contribution in [0.25, 0.3) is 0 Å². The quantitative estimate of drug-likeness (QED) is 0.509. The molecule has 0 bridgehead atoms. The predicted molar refractivity (Wildman–Crippen MR) is 50.5 cm³/mol. The number of nitrogens with zero attached hydrogens (tertiary/aromatic N) is 1. The molecule has 0 radical (unpaired) electrons. The number of hydrogen-bond donors (Lipinski definition) is 0. The lowest BCUT2D eigenvalue weighted by Crippen LogP contribution is -2.16. The van der Waals surface area contributed by atoms with Gasteiger partial charge in [-0.1, -0.05) is 30.3 Å². The lowest BCUT2D eigenvalue weighted by atomic mass is 10.2. The summed E-state index contributed by atoms with van der Waals surface area (Å²) in [6, 6.07) is 10.6. The van der Waals surface area contributed by atoms with E-state index in [-0.39, 0.29) is 12.0 Å². The van der Waals surface area contributed by atoms with Crippen LogP contribution in [0.4, 0.5) is 0 Å². The van der Waals surface area contributed by atoms with Crippen molar-refractivity contribution in [3.05, 3.63) is 35.9 Å². The van der Waals surface area contributed by atoms with E-state index < -0.39 is 0 Å². The summed E-state index contributed by atoms with van der Waals surface area (Å²) >= 11 is 0. The van der Waals surface area contributed by atoms with Gasteiger partial charge in [-0.15, -0.1) is 0 Å². The van der Waals surface area contributed by atoms with Crippen molar-refractivity contribution in [2.24, 2.45) is 0 Å². The molecule has 0 aromatic heterocycles. The summed E-state index contributed by atoms with van der Waals surface area (Å²) in [5.74, 6) is -0.0501. The Labute approximate surface area is 82.3 Å². The standard InChI is InChI=1S/C11H11NO2/c13-11-10-9(7-14-11)12(10)6-8-4-2-1-3-5-8/h1-5,9-10H,6-7H2/t9-,10-,12?/m0/s1. The van der Waals surface area contributed by atoms with E-state index in [1.807, 2.05) is 18.2 Å². The molecule has 1 aromatic carbocycles. The Bertz CT molecular complexity index is 363. The molecular formula is C11H11NO2. The Morgan fingerprint density at radius 1 is 1.36 bits per heavy atom. The Hall–Kier alpha value is -1.35. The van der Waals surface area contributed by atoms with Crippen LogP contribution < -0.4 is 0 Å². The fraction of sp³-hybridized carbons (Fsp3) is 0.364. The molecular weight excluding hydrogens is 178 g/mol. The van der Waals surface area contributed by atoms with Crippen LogP contribution in [-0.4, -0.2) is 29.6 Å². The van der Waals surface area contributed by atoms with Crippen molar-refractivity contribution in [3.63, 3.8) is 0 Å². The molecule has 2 heterocycles. The SMILES string of the molecule is O=C1OC[C@H]2[C@@H]1N2Cc1ccccc1. The number of cyclic esters (lactones) is 1. The van der Waals surface area contributed by atoms with Gasteiger partial charge in [0.15, 0.2) is 0 Å². The number of carbonyl (C=O) groups is 1. The second kappa shape index (κ2) is 2.82. The molecule has 3 atom stereocenters. The second-order valence-electron chi connectivity index (χ2n) is 3.80. The third kappa shape index (κ3) is 1.13. The molecule has 72 valence electrons. The van der Waals surface area contributed by atoms with Crippen molar-refractivity contribution >= 4 is 5.97 Å². The van der Waals surface area contributed by atoms with Crippen LogP contribution in [0.15, 0.2) is 30.3 Å². The predicted octanol–water partition coefficient (Wildman–Crippen LogP) is 0.796. The van der Waals surface area contributed by atoms with Crippen LogP contribution in [0, 0.1) is 0 Å². The molecule has 0 spiro atoms. The first-order valence-electron chi connectivity index (χ1n) is 4.82. The Morgan fingerprint density at radius 2 is 2.14 bits per heavy atom. The molecule has 2 aliphatic heterocycles. The van der Waals surface area contributed by atoms with Crippen LogP contribution in [0.1, 0.15) is 5.56 Å². The number of rotatable bonds is 2. The molecule has 0 amide bonds. The molecule has 0 saturated carbocycles. The zero-order valence-corrected chi connectivity index (χ0v) is 7.72. The van der Waals surface area contributed by atoms with Crippen molar-refractivity contribution in [3.8, 4) is 0 Å². The summed E-state index contributed by atoms with van der Waals surface area (Å²) in [7, 11) is 0. The minimum Gasteiger partial charge on any atom is -0.463 e. The maximum Gasteiger partial charge on any atom is 0.325 e. The largest absolute Gasteiger partial charge is 0.463 e. The van der Waals surface area contributed by atoms with Gasteiger partial charge in [-0.25, -0.2) is 0 Å². The summed E-state index contributed by atoms with van der Waals surface area (Å²) in [6.45, 7) is 1.45. The summed E-state index contributed by atoms with van der Waals surface area (Å²) in [5, 5.41) is 0. The number of fused-ring (bicyclic) bond motifs is 1. The topological polar surface area (TPSA) is 29.3 Å². The summed E-state index contributed by atoms with van der Waals surface area (Å²) in [5.41, 5.74) is 1.26. The molecule has 1 aromatic rings. The third-order valence-electron chi connectivity index (χ3n) is 2.90. The molecule has 0 N–H and O–H groups in total. The van der Waals surface area contributed by atoms with Gasteiger partial charge in [0.05, 0.1) is 6.04 Å². The number of ether oxygens (including phenoxy) is 1. The van der Waals surface area contributed by atoms with E-state index in [1.54, 1.807) is 0 Å². The van der Waals surface area contributed by atoms with E-state index in [9.17, 15) is 4.79 Å². The van der Waals surface area contributed by atoms with Gasteiger partial charge < -0.3 is 4.74 Å². The monoisotopic (exact) mass is 189 g/mol. The average molecular weight is 189 g/mol.